The molecule has 1 unspecified atom stereocenters. The van der Waals surface area contributed by atoms with E-state index in [1.807, 2.05) is 6.07 Å². The number of aliphatic hydroxyl groups is 1. The summed E-state index contributed by atoms with van der Waals surface area (Å²) in [5, 5.41) is 10.8. The van der Waals surface area contributed by atoms with Gasteiger partial charge in [-0.2, -0.15) is 0 Å². The number of hydrogen-bond donors (Lipinski definition) is 1. The van der Waals surface area contributed by atoms with Crippen molar-refractivity contribution in [3.8, 4) is 39.9 Å². The third-order valence-electron chi connectivity index (χ3n) is 4.82. The van der Waals surface area contributed by atoms with Crippen molar-refractivity contribution >= 4 is 5.97 Å². The number of carbonyl (C=O) groups excluding carboxylic acids is 1. The molecule has 1 N–H and O–H groups in total. The van der Waals surface area contributed by atoms with Gasteiger partial charge in [-0.3, -0.25) is 4.79 Å². The summed E-state index contributed by atoms with van der Waals surface area (Å²) in [5.41, 5.74) is 3.10. The lowest BCUT2D eigenvalue weighted by Crippen LogP contribution is -2.06. The van der Waals surface area contributed by atoms with Crippen molar-refractivity contribution in [3.05, 3.63) is 29.3 Å². The number of esters is 1. The second-order valence-corrected chi connectivity index (χ2v) is 6.42. The molecule has 0 fully saturated rings. The molecule has 1 aliphatic rings. The highest BCUT2D eigenvalue weighted by Gasteiger charge is 2.30. The fourth-order valence-electron chi connectivity index (χ4n) is 3.61. The minimum Gasteiger partial charge on any atom is -0.493 e. The average Bonchev–Trinajstić information content (AvgIpc) is 2.82. The number of aliphatic hydroxyl groups excluding tert-OH is 1. The monoisotopic (exact) mass is 388 g/mol. The summed E-state index contributed by atoms with van der Waals surface area (Å²) in [7, 11) is 6.17. The quantitative estimate of drug-likeness (QED) is 0.621. The van der Waals surface area contributed by atoms with Gasteiger partial charge in [-0.05, 0) is 47.7 Å². The van der Waals surface area contributed by atoms with E-state index in [4.69, 9.17) is 23.7 Å². The minimum absolute atomic E-state index is 0.260. The molecule has 0 aromatic heterocycles. The van der Waals surface area contributed by atoms with E-state index in [2.05, 4.69) is 0 Å². The molecule has 0 bridgehead atoms. The predicted octanol–water partition coefficient (Wildman–Crippen LogP) is 3.29. The summed E-state index contributed by atoms with van der Waals surface area (Å²) in [6, 6.07) is 5.28. The number of benzene rings is 2. The maximum atomic E-state index is 11.5. The number of rotatable bonds is 5. The second kappa shape index (κ2) is 7.98. The molecule has 3 rings (SSSR count). The molecule has 0 saturated heterocycles. The van der Waals surface area contributed by atoms with E-state index >= 15 is 0 Å². The Hall–Kier alpha value is -2.93. The van der Waals surface area contributed by atoms with Crippen LogP contribution in [0.5, 0.6) is 28.7 Å². The summed E-state index contributed by atoms with van der Waals surface area (Å²) in [6.07, 6.45) is 0.349. The Morgan fingerprint density at radius 2 is 1.61 bits per heavy atom. The van der Waals surface area contributed by atoms with Gasteiger partial charge in [0, 0.05) is 12.5 Å². The van der Waals surface area contributed by atoms with Gasteiger partial charge < -0.3 is 28.8 Å². The second-order valence-electron chi connectivity index (χ2n) is 6.42. The van der Waals surface area contributed by atoms with Crippen LogP contribution in [-0.2, 0) is 11.2 Å². The van der Waals surface area contributed by atoms with E-state index < -0.39 is 12.1 Å². The zero-order valence-corrected chi connectivity index (χ0v) is 16.6. The molecule has 2 aromatic rings. The largest absolute Gasteiger partial charge is 0.493 e. The summed E-state index contributed by atoms with van der Waals surface area (Å²) in [4.78, 5) is 11.5. The molecule has 7 nitrogen and oxygen atoms in total. The lowest BCUT2D eigenvalue weighted by atomic mass is 9.93. The topological polar surface area (TPSA) is 83.5 Å². The van der Waals surface area contributed by atoms with Crippen LogP contribution in [0.15, 0.2) is 18.2 Å². The molecule has 0 radical (unpaired) electrons. The molecule has 0 heterocycles. The molecule has 0 spiro atoms. The first-order valence-electron chi connectivity index (χ1n) is 8.85. The minimum atomic E-state index is -0.746. The Labute approximate surface area is 163 Å². The van der Waals surface area contributed by atoms with Crippen LogP contribution in [0.3, 0.4) is 0 Å². The fraction of sp³-hybridized carbons (Fsp3) is 0.381. The van der Waals surface area contributed by atoms with Crippen LogP contribution < -0.4 is 23.7 Å². The van der Waals surface area contributed by atoms with Gasteiger partial charge in [0.05, 0.1) is 34.5 Å². The molecule has 0 amide bonds. The van der Waals surface area contributed by atoms with Crippen LogP contribution >= 0.6 is 0 Å². The van der Waals surface area contributed by atoms with E-state index in [1.165, 1.54) is 14.0 Å². The highest BCUT2D eigenvalue weighted by Crippen LogP contribution is 2.52. The van der Waals surface area contributed by atoms with Crippen LogP contribution in [0.1, 0.15) is 30.6 Å². The van der Waals surface area contributed by atoms with E-state index in [9.17, 15) is 9.90 Å². The summed E-state index contributed by atoms with van der Waals surface area (Å²) in [5.74, 6) is 1.70. The molecule has 0 saturated carbocycles. The van der Waals surface area contributed by atoms with Gasteiger partial charge in [-0.1, -0.05) is 0 Å². The fourth-order valence-corrected chi connectivity index (χ4v) is 3.61. The van der Waals surface area contributed by atoms with Crippen molar-refractivity contribution in [2.75, 3.05) is 28.4 Å². The SMILES string of the molecule is COc1cc2c(cc1OC(C)=O)C(O)CCc1cc(OC)c(OC)c(OC)c1-2. The lowest BCUT2D eigenvalue weighted by Gasteiger charge is -2.21. The first-order valence-corrected chi connectivity index (χ1v) is 8.85. The summed E-state index contributed by atoms with van der Waals surface area (Å²) < 4.78 is 27.4. The van der Waals surface area contributed by atoms with Gasteiger partial charge in [-0.15, -0.1) is 0 Å². The third-order valence-corrected chi connectivity index (χ3v) is 4.82. The maximum Gasteiger partial charge on any atom is 0.308 e. The summed E-state index contributed by atoms with van der Waals surface area (Å²) >= 11 is 0. The van der Waals surface area contributed by atoms with E-state index in [0.29, 0.717) is 41.4 Å². The molecule has 7 heteroatoms. The first kappa shape index (κ1) is 19.8. The van der Waals surface area contributed by atoms with Crippen LogP contribution in [-0.4, -0.2) is 39.5 Å². The normalized spacial score (nSPS) is 15.0. The zero-order chi connectivity index (χ0) is 20.4. The Morgan fingerprint density at radius 1 is 0.929 bits per heavy atom. The van der Waals surface area contributed by atoms with Crippen molar-refractivity contribution in [2.24, 2.45) is 0 Å². The van der Waals surface area contributed by atoms with Crippen LogP contribution in [0.4, 0.5) is 0 Å². The van der Waals surface area contributed by atoms with Crippen molar-refractivity contribution in [2.45, 2.75) is 25.9 Å². The van der Waals surface area contributed by atoms with Crippen molar-refractivity contribution in [3.63, 3.8) is 0 Å². The summed E-state index contributed by atoms with van der Waals surface area (Å²) in [6.45, 7) is 1.32. The lowest BCUT2D eigenvalue weighted by molar-refractivity contribution is -0.132. The molecule has 28 heavy (non-hydrogen) atoms. The van der Waals surface area contributed by atoms with E-state index in [1.54, 1.807) is 33.5 Å². The van der Waals surface area contributed by atoms with Crippen molar-refractivity contribution in [1.82, 2.24) is 0 Å². The van der Waals surface area contributed by atoms with Crippen molar-refractivity contribution in [1.29, 1.82) is 0 Å². The predicted molar refractivity (Wildman–Crippen MR) is 103 cm³/mol. The molecule has 1 atom stereocenters. The first-order chi connectivity index (χ1) is 13.4. The Kier molecular flexibility index (Phi) is 5.65. The van der Waals surface area contributed by atoms with Crippen LogP contribution in [0.25, 0.3) is 11.1 Å². The van der Waals surface area contributed by atoms with Gasteiger partial charge in [0.25, 0.3) is 0 Å². The molecular weight excluding hydrogens is 364 g/mol. The van der Waals surface area contributed by atoms with Crippen LogP contribution in [0, 0.1) is 0 Å². The number of hydrogen-bond acceptors (Lipinski definition) is 7. The number of methoxy groups -OCH3 is 4. The van der Waals surface area contributed by atoms with Gasteiger partial charge >= 0.3 is 5.97 Å². The smallest absolute Gasteiger partial charge is 0.308 e. The van der Waals surface area contributed by atoms with Crippen LogP contribution in [0.2, 0.25) is 0 Å². The van der Waals surface area contributed by atoms with Gasteiger partial charge in [-0.25, -0.2) is 0 Å². The molecule has 2 aromatic carbocycles. The molecule has 150 valence electrons. The Morgan fingerprint density at radius 3 is 2.18 bits per heavy atom. The number of carbonyl (C=O) groups is 1. The standard InChI is InChI=1S/C21H24O7/c1-11(22)28-17-9-13-14(10-16(17)24-2)19-12(6-7-15(13)23)8-18(25-3)20(26-4)21(19)27-5/h8-10,15,23H,6-7H2,1-5H3. The van der Waals surface area contributed by atoms with E-state index in [-0.39, 0.29) is 5.75 Å². The molecule has 0 aliphatic heterocycles. The third kappa shape index (κ3) is 3.33. The number of fused-ring (bicyclic) bond motifs is 3. The Balaban J connectivity index is 2.35. The molecule has 1 aliphatic carbocycles. The van der Waals surface area contributed by atoms with Gasteiger partial charge in [0.2, 0.25) is 5.75 Å². The van der Waals surface area contributed by atoms with E-state index in [0.717, 1.165) is 16.7 Å². The Bertz CT molecular complexity index is 904. The number of ether oxygens (including phenoxy) is 5. The van der Waals surface area contributed by atoms with Crippen molar-refractivity contribution < 1.29 is 33.6 Å². The maximum absolute atomic E-state index is 11.5. The highest BCUT2D eigenvalue weighted by molar-refractivity contribution is 5.84. The van der Waals surface area contributed by atoms with Gasteiger partial charge in [0.15, 0.2) is 23.0 Å². The number of aryl methyl sites for hydroxylation is 1. The molecular formula is C21H24O7. The van der Waals surface area contributed by atoms with Gasteiger partial charge in [0.1, 0.15) is 0 Å². The zero-order valence-electron chi connectivity index (χ0n) is 16.6. The highest BCUT2D eigenvalue weighted by atomic mass is 16.6. The average molecular weight is 388 g/mol.